The van der Waals surface area contributed by atoms with Crippen LogP contribution in [0.2, 0.25) is 0 Å². The van der Waals surface area contributed by atoms with Gasteiger partial charge in [0.15, 0.2) is 5.13 Å². The number of rotatable bonds is 9. The van der Waals surface area contributed by atoms with E-state index in [4.69, 9.17) is 4.98 Å². The predicted molar refractivity (Wildman–Crippen MR) is 138 cm³/mol. The maximum absolute atomic E-state index is 13.9. The Morgan fingerprint density at radius 2 is 1.91 bits per heavy atom. The number of carbonyl (C=O) groups excluding carboxylic acids is 1. The summed E-state index contributed by atoms with van der Waals surface area (Å²) in [6.07, 6.45) is 2.66. The standard InChI is InChI=1S/C25H31FN4O3S2/c1-4-18-8-13-21-23(17-18)34-25(27-21)29(15-6-14-28(2)3)24(31)22-7-5-16-30(22)35(32,33)20-11-9-19(26)10-12-20/h8-13,17,22H,4-7,14-16H2,1-3H3. The van der Waals surface area contributed by atoms with E-state index in [-0.39, 0.29) is 17.3 Å². The van der Waals surface area contributed by atoms with Crippen LogP contribution in [0.25, 0.3) is 10.2 Å². The summed E-state index contributed by atoms with van der Waals surface area (Å²) >= 11 is 1.46. The summed E-state index contributed by atoms with van der Waals surface area (Å²) < 4.78 is 42.4. The van der Waals surface area contributed by atoms with Gasteiger partial charge >= 0.3 is 0 Å². The zero-order valence-electron chi connectivity index (χ0n) is 20.3. The van der Waals surface area contributed by atoms with E-state index in [2.05, 4.69) is 17.9 Å². The fourth-order valence-corrected chi connectivity index (χ4v) is 7.05. The molecule has 1 aliphatic heterocycles. The summed E-state index contributed by atoms with van der Waals surface area (Å²) in [6.45, 7) is 3.58. The van der Waals surface area contributed by atoms with Gasteiger partial charge in [-0.05, 0) is 88.3 Å². The van der Waals surface area contributed by atoms with E-state index in [0.29, 0.717) is 24.5 Å². The average molecular weight is 519 g/mol. The summed E-state index contributed by atoms with van der Waals surface area (Å²) in [7, 11) is 0.0136. The highest BCUT2D eigenvalue weighted by molar-refractivity contribution is 7.89. The van der Waals surface area contributed by atoms with Gasteiger partial charge in [-0.15, -0.1) is 0 Å². The zero-order valence-corrected chi connectivity index (χ0v) is 21.9. The van der Waals surface area contributed by atoms with E-state index >= 15 is 0 Å². The molecule has 2 aromatic carbocycles. The van der Waals surface area contributed by atoms with Gasteiger partial charge < -0.3 is 4.90 Å². The van der Waals surface area contributed by atoms with Crippen molar-refractivity contribution in [3.05, 3.63) is 53.8 Å². The first-order valence-corrected chi connectivity index (χ1v) is 14.1. The van der Waals surface area contributed by atoms with Crippen LogP contribution >= 0.6 is 11.3 Å². The van der Waals surface area contributed by atoms with Crippen LogP contribution in [-0.2, 0) is 21.2 Å². The molecule has 1 aromatic heterocycles. The van der Waals surface area contributed by atoms with Gasteiger partial charge in [0.05, 0.1) is 15.1 Å². The van der Waals surface area contributed by atoms with Gasteiger partial charge in [0.2, 0.25) is 15.9 Å². The van der Waals surface area contributed by atoms with Crippen molar-refractivity contribution in [2.24, 2.45) is 0 Å². The lowest BCUT2D eigenvalue weighted by atomic mass is 10.2. The first kappa shape index (κ1) is 25.7. The summed E-state index contributed by atoms with van der Waals surface area (Å²) in [5.74, 6) is -0.770. The highest BCUT2D eigenvalue weighted by atomic mass is 32.2. The molecule has 35 heavy (non-hydrogen) atoms. The molecule has 1 fully saturated rings. The van der Waals surface area contributed by atoms with Gasteiger partial charge in [-0.2, -0.15) is 4.31 Å². The van der Waals surface area contributed by atoms with Crippen LogP contribution in [0, 0.1) is 5.82 Å². The molecule has 0 saturated carbocycles. The van der Waals surface area contributed by atoms with E-state index in [1.165, 1.54) is 33.3 Å². The van der Waals surface area contributed by atoms with Crippen LogP contribution in [0.4, 0.5) is 9.52 Å². The fraction of sp³-hybridized carbons (Fsp3) is 0.440. The van der Waals surface area contributed by atoms with Gasteiger partial charge in [0.1, 0.15) is 11.9 Å². The number of hydrogen-bond donors (Lipinski definition) is 0. The number of nitrogens with zero attached hydrogens (tertiary/aromatic N) is 4. The molecule has 0 spiro atoms. The third-order valence-electron chi connectivity index (χ3n) is 6.24. The maximum atomic E-state index is 13.9. The van der Waals surface area contributed by atoms with E-state index in [1.807, 2.05) is 26.2 Å². The topological polar surface area (TPSA) is 73.8 Å². The SMILES string of the molecule is CCc1ccc2nc(N(CCCN(C)C)C(=O)C3CCCN3S(=O)(=O)c3ccc(F)cc3)sc2c1. The molecule has 188 valence electrons. The minimum Gasteiger partial charge on any atom is -0.309 e. The van der Waals surface area contributed by atoms with Crippen LogP contribution in [-0.4, -0.2) is 68.3 Å². The predicted octanol–water partition coefficient (Wildman–Crippen LogP) is 4.14. The second-order valence-electron chi connectivity index (χ2n) is 9.03. The molecule has 7 nitrogen and oxygen atoms in total. The molecular formula is C25H31FN4O3S2. The van der Waals surface area contributed by atoms with E-state index in [0.717, 1.165) is 41.7 Å². The molecule has 2 heterocycles. The third-order valence-corrected chi connectivity index (χ3v) is 9.21. The number of hydrogen-bond acceptors (Lipinski definition) is 6. The normalized spacial score (nSPS) is 16.9. The number of thiazole rings is 1. The Balaban J connectivity index is 1.66. The Kier molecular flexibility index (Phi) is 7.85. The van der Waals surface area contributed by atoms with Crippen LogP contribution < -0.4 is 4.90 Å². The largest absolute Gasteiger partial charge is 0.309 e. The molecule has 4 rings (SSSR count). The van der Waals surface area contributed by atoms with Crippen LogP contribution in [0.3, 0.4) is 0 Å². The molecule has 1 amide bonds. The molecule has 0 N–H and O–H groups in total. The van der Waals surface area contributed by atoms with Gasteiger partial charge in [0, 0.05) is 13.1 Å². The molecular weight excluding hydrogens is 487 g/mol. The molecule has 1 unspecified atom stereocenters. The number of halogens is 1. The lowest BCUT2D eigenvalue weighted by molar-refractivity contribution is -0.121. The minimum absolute atomic E-state index is 0.00941. The van der Waals surface area contributed by atoms with Gasteiger partial charge in [-0.25, -0.2) is 17.8 Å². The molecule has 1 aliphatic rings. The van der Waals surface area contributed by atoms with Gasteiger partial charge in [-0.3, -0.25) is 9.69 Å². The van der Waals surface area contributed by atoms with Gasteiger partial charge in [-0.1, -0.05) is 24.3 Å². The minimum atomic E-state index is -3.94. The summed E-state index contributed by atoms with van der Waals surface area (Å²) in [5, 5.41) is 0.586. The Morgan fingerprint density at radius 1 is 1.17 bits per heavy atom. The number of sulfonamides is 1. The molecule has 10 heteroatoms. The number of amides is 1. The Hall–Kier alpha value is -2.40. The third kappa shape index (κ3) is 5.55. The van der Waals surface area contributed by atoms with E-state index in [1.54, 1.807) is 4.90 Å². The summed E-state index contributed by atoms with van der Waals surface area (Å²) in [4.78, 5) is 22.3. The zero-order chi connectivity index (χ0) is 25.2. The van der Waals surface area contributed by atoms with Crippen molar-refractivity contribution < 1.29 is 17.6 Å². The average Bonchev–Trinajstić information content (AvgIpc) is 3.48. The summed E-state index contributed by atoms with van der Waals surface area (Å²) in [5.41, 5.74) is 2.03. The van der Waals surface area contributed by atoms with Crippen LogP contribution in [0.1, 0.15) is 31.7 Å². The van der Waals surface area contributed by atoms with Crippen molar-refractivity contribution in [3.8, 4) is 0 Å². The van der Waals surface area contributed by atoms with Crippen molar-refractivity contribution in [3.63, 3.8) is 0 Å². The summed E-state index contributed by atoms with van der Waals surface area (Å²) in [6, 6.07) is 10.0. The Morgan fingerprint density at radius 3 is 2.60 bits per heavy atom. The van der Waals surface area contributed by atoms with Crippen LogP contribution in [0.15, 0.2) is 47.4 Å². The van der Waals surface area contributed by atoms with Crippen molar-refractivity contribution in [2.75, 3.05) is 38.6 Å². The lowest BCUT2D eigenvalue weighted by Crippen LogP contribution is -2.48. The van der Waals surface area contributed by atoms with E-state index in [9.17, 15) is 17.6 Å². The van der Waals surface area contributed by atoms with Crippen LogP contribution in [0.5, 0.6) is 0 Å². The maximum Gasteiger partial charge on any atom is 0.247 e. The first-order chi connectivity index (χ1) is 16.7. The number of benzene rings is 2. The molecule has 3 aromatic rings. The first-order valence-electron chi connectivity index (χ1n) is 11.8. The highest BCUT2D eigenvalue weighted by Gasteiger charge is 2.42. The van der Waals surface area contributed by atoms with Crippen molar-refractivity contribution in [1.29, 1.82) is 0 Å². The molecule has 1 atom stereocenters. The number of carbonyl (C=O) groups is 1. The lowest BCUT2D eigenvalue weighted by Gasteiger charge is -2.29. The quantitative estimate of drug-likeness (QED) is 0.426. The number of aromatic nitrogens is 1. The van der Waals surface area contributed by atoms with Crippen molar-refractivity contribution in [2.45, 2.75) is 43.5 Å². The molecule has 0 bridgehead atoms. The molecule has 0 aliphatic carbocycles. The van der Waals surface area contributed by atoms with Crippen molar-refractivity contribution >= 4 is 42.6 Å². The Labute approximate surface area is 210 Å². The number of anilines is 1. The Bertz CT molecular complexity index is 1290. The second kappa shape index (κ2) is 10.7. The van der Waals surface area contributed by atoms with Gasteiger partial charge in [0.25, 0.3) is 0 Å². The monoisotopic (exact) mass is 518 g/mol. The molecule has 1 saturated heterocycles. The van der Waals surface area contributed by atoms with Crippen molar-refractivity contribution in [1.82, 2.24) is 14.2 Å². The highest BCUT2D eigenvalue weighted by Crippen LogP contribution is 2.33. The molecule has 0 radical (unpaired) electrons. The number of fused-ring (bicyclic) bond motifs is 1. The fourth-order valence-electron chi connectivity index (χ4n) is 4.33. The van der Waals surface area contributed by atoms with E-state index < -0.39 is 21.9 Å². The second-order valence-corrected chi connectivity index (χ2v) is 11.9. The number of aryl methyl sites for hydroxylation is 1. The smallest absolute Gasteiger partial charge is 0.247 e.